The molecule has 4 heterocycles. The monoisotopic (exact) mass is 379 g/mol. The summed E-state index contributed by atoms with van der Waals surface area (Å²) >= 11 is 0. The Morgan fingerprint density at radius 2 is 2.18 bits per heavy atom. The van der Waals surface area contributed by atoms with E-state index in [4.69, 9.17) is 4.74 Å². The fraction of sp³-hybridized carbons (Fsp3) is 0.368. The zero-order valence-electron chi connectivity index (χ0n) is 15.7. The van der Waals surface area contributed by atoms with Gasteiger partial charge in [0.2, 0.25) is 17.6 Å². The Balaban J connectivity index is 1.51. The van der Waals surface area contributed by atoms with E-state index < -0.39 is 5.60 Å². The maximum absolute atomic E-state index is 10.2. The van der Waals surface area contributed by atoms with Crippen LogP contribution >= 0.6 is 0 Å². The quantitative estimate of drug-likeness (QED) is 0.548. The molecule has 0 amide bonds. The van der Waals surface area contributed by atoms with Crippen molar-refractivity contribution in [3.63, 3.8) is 0 Å². The van der Waals surface area contributed by atoms with Crippen molar-refractivity contribution in [1.29, 1.82) is 0 Å². The van der Waals surface area contributed by atoms with Crippen molar-refractivity contribution in [3.8, 4) is 17.0 Å². The lowest BCUT2D eigenvalue weighted by Gasteiger charge is -2.43. The van der Waals surface area contributed by atoms with E-state index in [1.54, 1.807) is 24.0 Å². The van der Waals surface area contributed by atoms with Crippen molar-refractivity contribution in [3.05, 3.63) is 37.1 Å². The Morgan fingerprint density at radius 1 is 1.32 bits per heavy atom. The van der Waals surface area contributed by atoms with Gasteiger partial charge in [0, 0.05) is 48.2 Å². The van der Waals surface area contributed by atoms with Gasteiger partial charge in [-0.2, -0.15) is 4.98 Å². The predicted octanol–water partition coefficient (Wildman–Crippen LogP) is 2.16. The third kappa shape index (κ3) is 2.66. The maximum atomic E-state index is 10.2. The van der Waals surface area contributed by atoms with E-state index >= 15 is 0 Å². The number of imidazole rings is 1. The molecule has 0 aliphatic heterocycles. The summed E-state index contributed by atoms with van der Waals surface area (Å²) in [5.74, 6) is 1.61. The molecular weight excluding hydrogens is 358 g/mol. The van der Waals surface area contributed by atoms with Gasteiger partial charge in [0.05, 0.1) is 12.7 Å². The second-order valence-electron chi connectivity index (χ2n) is 7.27. The van der Waals surface area contributed by atoms with Crippen LogP contribution < -0.4 is 10.1 Å². The van der Waals surface area contributed by atoms with Crippen LogP contribution in [0.25, 0.3) is 22.4 Å². The molecule has 9 nitrogen and oxygen atoms in total. The van der Waals surface area contributed by atoms with Gasteiger partial charge in [0.1, 0.15) is 5.52 Å². The maximum Gasteiger partial charge on any atom is 0.244 e. The summed E-state index contributed by atoms with van der Waals surface area (Å²) < 4.78 is 9.18. The molecule has 0 unspecified atom stereocenters. The molecular formula is C19H21N7O2. The van der Waals surface area contributed by atoms with Gasteiger partial charge in [-0.05, 0) is 25.3 Å². The average molecular weight is 379 g/mol. The van der Waals surface area contributed by atoms with Crippen molar-refractivity contribution in [1.82, 2.24) is 29.0 Å². The molecule has 0 spiro atoms. The van der Waals surface area contributed by atoms with Crippen LogP contribution in [0.5, 0.6) is 5.88 Å². The van der Waals surface area contributed by atoms with Crippen molar-refractivity contribution in [2.24, 2.45) is 0 Å². The molecule has 1 saturated carbocycles. The molecule has 144 valence electrons. The Bertz CT molecular complexity index is 1160. The molecule has 0 bridgehead atoms. The smallest absolute Gasteiger partial charge is 0.244 e. The van der Waals surface area contributed by atoms with Gasteiger partial charge in [0.25, 0.3) is 0 Å². The molecule has 0 saturated heterocycles. The average Bonchev–Trinajstić information content (AvgIpc) is 3.32. The van der Waals surface area contributed by atoms with E-state index in [0.717, 1.165) is 23.1 Å². The van der Waals surface area contributed by atoms with Gasteiger partial charge in [-0.15, -0.1) is 5.10 Å². The van der Waals surface area contributed by atoms with Crippen molar-refractivity contribution < 1.29 is 9.84 Å². The van der Waals surface area contributed by atoms with Crippen LogP contribution in [-0.2, 0) is 0 Å². The fourth-order valence-electron chi connectivity index (χ4n) is 3.81. The minimum Gasteiger partial charge on any atom is -0.479 e. The molecule has 4 aromatic rings. The third-order valence-corrected chi connectivity index (χ3v) is 5.47. The van der Waals surface area contributed by atoms with Crippen LogP contribution in [-0.4, -0.2) is 52.8 Å². The van der Waals surface area contributed by atoms with Gasteiger partial charge < -0.3 is 15.2 Å². The molecule has 1 fully saturated rings. The Kier molecular flexibility index (Phi) is 3.73. The number of methoxy groups -OCH3 is 1. The highest BCUT2D eigenvalue weighted by Crippen LogP contribution is 2.37. The zero-order valence-corrected chi connectivity index (χ0v) is 15.7. The molecule has 28 heavy (non-hydrogen) atoms. The lowest BCUT2D eigenvalue weighted by Crippen LogP contribution is -2.50. The van der Waals surface area contributed by atoms with E-state index in [9.17, 15) is 5.11 Å². The number of nitrogens with zero attached hydrogens (tertiary/aromatic N) is 6. The predicted molar refractivity (Wildman–Crippen MR) is 103 cm³/mol. The summed E-state index contributed by atoms with van der Waals surface area (Å²) in [4.78, 5) is 13.1. The van der Waals surface area contributed by atoms with Crippen LogP contribution in [0.4, 0.5) is 5.95 Å². The summed E-state index contributed by atoms with van der Waals surface area (Å²) in [5, 5.41) is 18.1. The summed E-state index contributed by atoms with van der Waals surface area (Å²) in [6.45, 7) is 2.00. The van der Waals surface area contributed by atoms with Crippen LogP contribution in [0.1, 0.15) is 26.2 Å². The number of hydrogen-bond acceptors (Lipinski definition) is 7. The summed E-state index contributed by atoms with van der Waals surface area (Å²) in [5.41, 5.74) is 2.05. The Labute approximate surface area is 161 Å². The first-order valence-electron chi connectivity index (χ1n) is 9.30. The lowest BCUT2D eigenvalue weighted by molar-refractivity contribution is -0.0442. The first-order valence-corrected chi connectivity index (χ1v) is 9.30. The zero-order chi connectivity index (χ0) is 19.3. The summed E-state index contributed by atoms with van der Waals surface area (Å²) in [7, 11) is 1.60. The lowest BCUT2D eigenvalue weighted by atomic mass is 9.74. The summed E-state index contributed by atoms with van der Waals surface area (Å²) in [6.07, 6.45) is 11.3. The SMILES string of the molecule is CCC1(O)CC(Nc2nc(OC)c3c(-c4cnc5nccn5c4)ccn3n2)C1. The molecule has 0 atom stereocenters. The van der Waals surface area contributed by atoms with Gasteiger partial charge in [0.15, 0.2) is 0 Å². The van der Waals surface area contributed by atoms with Gasteiger partial charge in [-0.3, -0.25) is 4.40 Å². The number of hydrogen-bond donors (Lipinski definition) is 2. The molecule has 4 aromatic heterocycles. The van der Waals surface area contributed by atoms with E-state index in [1.165, 1.54) is 0 Å². The van der Waals surface area contributed by atoms with Gasteiger partial charge in [-0.25, -0.2) is 14.5 Å². The molecule has 5 rings (SSSR count). The van der Waals surface area contributed by atoms with E-state index in [0.29, 0.717) is 30.4 Å². The highest BCUT2D eigenvalue weighted by atomic mass is 16.5. The molecule has 9 heteroatoms. The number of fused-ring (bicyclic) bond motifs is 2. The number of anilines is 1. The highest BCUT2D eigenvalue weighted by molar-refractivity contribution is 5.84. The van der Waals surface area contributed by atoms with Crippen LogP contribution in [0, 0.1) is 0 Å². The number of aliphatic hydroxyl groups is 1. The van der Waals surface area contributed by atoms with Crippen molar-refractivity contribution >= 4 is 17.2 Å². The van der Waals surface area contributed by atoms with Crippen molar-refractivity contribution in [2.45, 2.75) is 37.8 Å². The second-order valence-corrected chi connectivity index (χ2v) is 7.27. The first kappa shape index (κ1) is 16.9. The topological polar surface area (TPSA) is 102 Å². The summed E-state index contributed by atoms with van der Waals surface area (Å²) in [6, 6.07) is 2.13. The third-order valence-electron chi connectivity index (χ3n) is 5.47. The molecule has 1 aliphatic rings. The molecule has 0 radical (unpaired) electrons. The van der Waals surface area contributed by atoms with Crippen LogP contribution in [0.2, 0.25) is 0 Å². The van der Waals surface area contributed by atoms with E-state index in [-0.39, 0.29) is 6.04 Å². The van der Waals surface area contributed by atoms with E-state index in [1.807, 2.05) is 36.0 Å². The number of aromatic nitrogens is 6. The first-order chi connectivity index (χ1) is 13.6. The minimum absolute atomic E-state index is 0.162. The second kappa shape index (κ2) is 6.16. The van der Waals surface area contributed by atoms with Crippen LogP contribution in [0.3, 0.4) is 0 Å². The standard InChI is InChI=1S/C19H21N7O2/c1-3-19(27)8-13(9-19)22-17-23-16(28-2)15-14(4-6-26(15)24-17)12-10-21-18-20-5-7-25(18)11-12/h4-7,10-11,13,27H,3,8-9H2,1-2H3,(H,22,24). The van der Waals surface area contributed by atoms with Gasteiger partial charge >= 0.3 is 0 Å². The normalized spacial score (nSPS) is 21.8. The largest absolute Gasteiger partial charge is 0.479 e. The Hall–Kier alpha value is -3.20. The molecule has 1 aliphatic carbocycles. The number of ether oxygens (including phenoxy) is 1. The van der Waals surface area contributed by atoms with Crippen molar-refractivity contribution in [2.75, 3.05) is 12.4 Å². The highest BCUT2D eigenvalue weighted by Gasteiger charge is 2.41. The van der Waals surface area contributed by atoms with Crippen LogP contribution in [0.15, 0.2) is 37.1 Å². The fourth-order valence-corrected chi connectivity index (χ4v) is 3.81. The van der Waals surface area contributed by atoms with E-state index in [2.05, 4.69) is 25.4 Å². The molecule has 2 N–H and O–H groups in total. The minimum atomic E-state index is -0.564. The molecule has 0 aromatic carbocycles. The van der Waals surface area contributed by atoms with Gasteiger partial charge in [-0.1, -0.05) is 6.92 Å². The Morgan fingerprint density at radius 3 is 2.96 bits per heavy atom. The number of rotatable bonds is 5. The number of nitrogens with one attached hydrogen (secondary N) is 1.